The monoisotopic (exact) mass is 583 g/mol. The molecule has 5 aliphatic heterocycles. The summed E-state index contributed by atoms with van der Waals surface area (Å²) < 4.78 is 18.0. The Morgan fingerprint density at radius 2 is 1.85 bits per heavy atom. The molecule has 11 atom stereocenters. The van der Waals surface area contributed by atoms with E-state index < -0.39 is 41.9 Å². The van der Waals surface area contributed by atoms with Crippen LogP contribution in [0, 0.1) is 17.8 Å². The Kier molecular flexibility index (Phi) is 10.8. The molecule has 5 N–H and O–H groups in total. The van der Waals surface area contributed by atoms with E-state index in [0.29, 0.717) is 44.0 Å². The van der Waals surface area contributed by atoms with E-state index >= 15 is 0 Å². The van der Waals surface area contributed by atoms with Crippen molar-refractivity contribution >= 4 is 17.7 Å². The zero-order chi connectivity index (χ0) is 28.2. The van der Waals surface area contributed by atoms with Gasteiger partial charge in [0.15, 0.2) is 0 Å². The molecule has 40 heavy (non-hydrogen) atoms. The van der Waals surface area contributed by atoms with E-state index in [1.165, 1.54) is 18.2 Å². The molecule has 228 valence electrons. The molecule has 0 spiro atoms. The molecule has 11 heteroatoms. The first-order valence-corrected chi connectivity index (χ1v) is 16.2. The number of amides is 1. The van der Waals surface area contributed by atoms with Crippen LogP contribution in [0.3, 0.4) is 0 Å². The molecular formula is C29H49N3O7S. The van der Waals surface area contributed by atoms with Gasteiger partial charge in [0.1, 0.15) is 35.9 Å². The second-order valence-corrected chi connectivity index (χ2v) is 14.1. The average molecular weight is 584 g/mol. The van der Waals surface area contributed by atoms with E-state index in [0.717, 1.165) is 45.4 Å². The predicted molar refractivity (Wildman–Crippen MR) is 153 cm³/mol. The van der Waals surface area contributed by atoms with Crippen LogP contribution in [0.15, 0.2) is 12.2 Å². The van der Waals surface area contributed by atoms with Crippen LogP contribution < -0.4 is 10.6 Å². The average Bonchev–Trinajstić information content (AvgIpc) is 3.22. The summed E-state index contributed by atoms with van der Waals surface area (Å²) in [5.74, 6) is 1.38. The Hall–Kier alpha value is -0.760. The fraction of sp³-hybridized carbons (Fsp3) is 0.897. The number of carbonyl (C=O) groups excluding carboxylic acids is 1. The third kappa shape index (κ3) is 7.41. The highest BCUT2D eigenvalue weighted by Crippen LogP contribution is 2.36. The largest absolute Gasteiger partial charge is 0.388 e. The molecule has 0 aromatic rings. The van der Waals surface area contributed by atoms with Crippen LogP contribution in [0.1, 0.15) is 46.0 Å². The normalized spacial score (nSPS) is 44.0. The first kappa shape index (κ1) is 30.7. The zero-order valence-corrected chi connectivity index (χ0v) is 24.7. The topological polar surface area (TPSA) is 133 Å². The number of ether oxygens (including phenoxy) is 3. The molecular weight excluding hydrogens is 534 g/mol. The number of aliphatic hydroxyl groups excluding tert-OH is 3. The lowest BCUT2D eigenvalue weighted by Crippen LogP contribution is -2.64. The van der Waals surface area contributed by atoms with Gasteiger partial charge >= 0.3 is 0 Å². The first-order valence-electron chi connectivity index (χ1n) is 15.3. The summed E-state index contributed by atoms with van der Waals surface area (Å²) in [7, 11) is 0. The molecule has 0 saturated carbocycles. The molecule has 0 aromatic carbocycles. The smallest absolute Gasteiger partial charge is 0.240 e. The van der Waals surface area contributed by atoms with Gasteiger partial charge in [0, 0.05) is 38.0 Å². The standard InChI is InChI=1S/C29H49N3O7S/c1-17(2)13-18-7-10-38-26-19(14-18)15-30-22(26)28(36)31-21-6-4-3-5-20(16-32-8-11-37-12-9-32)40-29-25(35)23(33)24(34)27(21)39-29/h3-4,17-27,29-30,33-35H,5-16H2,1-2H3,(H,31,36)/b4-3-/t18-,19-,20+,21+,22-,23-,24+,25+,26+,27+,29+/m0/s1. The van der Waals surface area contributed by atoms with Gasteiger partial charge in [0.25, 0.3) is 0 Å². The van der Waals surface area contributed by atoms with Gasteiger partial charge in [-0.25, -0.2) is 0 Å². The van der Waals surface area contributed by atoms with Crippen molar-refractivity contribution in [3.63, 3.8) is 0 Å². The van der Waals surface area contributed by atoms with Crippen molar-refractivity contribution in [3.05, 3.63) is 12.2 Å². The first-order chi connectivity index (χ1) is 19.3. The van der Waals surface area contributed by atoms with Gasteiger partial charge in [-0.3, -0.25) is 9.69 Å². The van der Waals surface area contributed by atoms with Crippen LogP contribution >= 0.6 is 11.8 Å². The van der Waals surface area contributed by atoms with E-state index in [1.54, 1.807) is 0 Å². The second kappa shape index (κ2) is 14.1. The SMILES string of the molecule is CC(C)C[C@@H]1CCO[C@@H]2[C@H](CN[C@@H]2C(=O)N[C@@H]2C/C=C\C[C@H](CN3CCOCC3)S[C@H]3O[C@H]2[C@H](O)[C@H](O)[C@H]3O)C1. The van der Waals surface area contributed by atoms with Crippen LogP contribution in [0.5, 0.6) is 0 Å². The lowest BCUT2D eigenvalue weighted by atomic mass is 9.85. The van der Waals surface area contributed by atoms with Crippen molar-refractivity contribution in [1.29, 1.82) is 0 Å². The quantitative estimate of drug-likeness (QED) is 0.282. The second-order valence-electron chi connectivity index (χ2n) is 12.7. The van der Waals surface area contributed by atoms with E-state index in [2.05, 4.69) is 35.5 Å². The van der Waals surface area contributed by atoms with E-state index in [-0.39, 0.29) is 17.3 Å². The number of rotatable bonds is 6. The van der Waals surface area contributed by atoms with Crippen LogP contribution in [-0.2, 0) is 19.0 Å². The minimum absolute atomic E-state index is 0.148. The van der Waals surface area contributed by atoms with Gasteiger partial charge < -0.3 is 40.2 Å². The van der Waals surface area contributed by atoms with Crippen molar-refractivity contribution < 1.29 is 34.3 Å². The molecule has 0 radical (unpaired) electrons. The van der Waals surface area contributed by atoms with Crippen molar-refractivity contribution in [3.8, 4) is 0 Å². The fourth-order valence-electron chi connectivity index (χ4n) is 7.06. The number of nitrogens with one attached hydrogen (secondary N) is 2. The Bertz CT molecular complexity index is 859. The summed E-state index contributed by atoms with van der Waals surface area (Å²) in [4.78, 5) is 16.0. The number of fused-ring (bicyclic) bond motifs is 3. The number of carbonyl (C=O) groups is 1. The third-order valence-electron chi connectivity index (χ3n) is 9.13. The molecule has 0 unspecified atom stereocenters. The van der Waals surface area contributed by atoms with Crippen LogP contribution in [-0.4, -0.2) is 125 Å². The van der Waals surface area contributed by atoms with Gasteiger partial charge in [-0.15, -0.1) is 11.8 Å². The Morgan fingerprint density at radius 3 is 2.62 bits per heavy atom. The summed E-state index contributed by atoms with van der Waals surface area (Å²) in [5, 5.41) is 39.2. The number of hydrogen-bond donors (Lipinski definition) is 5. The minimum atomic E-state index is -1.36. The number of aliphatic hydroxyl groups is 3. The van der Waals surface area contributed by atoms with E-state index in [9.17, 15) is 20.1 Å². The Labute approximate surface area is 242 Å². The van der Waals surface area contributed by atoms with E-state index in [1.807, 2.05) is 6.08 Å². The lowest BCUT2D eigenvalue weighted by Gasteiger charge is -2.45. The highest BCUT2D eigenvalue weighted by Gasteiger charge is 2.49. The third-order valence-corrected chi connectivity index (χ3v) is 10.5. The molecule has 0 aromatic heterocycles. The number of allylic oxidation sites excluding steroid dienone is 1. The van der Waals surface area contributed by atoms with Gasteiger partial charge in [-0.05, 0) is 49.9 Å². The van der Waals surface area contributed by atoms with Crippen molar-refractivity contribution in [2.75, 3.05) is 46.0 Å². The molecule has 5 aliphatic rings. The summed E-state index contributed by atoms with van der Waals surface area (Å²) in [6.45, 7) is 9.90. The van der Waals surface area contributed by atoms with Crippen molar-refractivity contribution in [2.45, 2.75) is 99.2 Å². The minimum Gasteiger partial charge on any atom is -0.388 e. The van der Waals surface area contributed by atoms with Gasteiger partial charge in [-0.1, -0.05) is 26.0 Å². The maximum Gasteiger partial charge on any atom is 0.240 e. The van der Waals surface area contributed by atoms with Gasteiger partial charge in [0.2, 0.25) is 5.91 Å². The Morgan fingerprint density at radius 1 is 1.07 bits per heavy atom. The number of thioether (sulfide) groups is 1. The summed E-state index contributed by atoms with van der Waals surface area (Å²) in [5.41, 5.74) is -0.711. The molecule has 5 rings (SSSR count). The fourth-order valence-corrected chi connectivity index (χ4v) is 8.48. The van der Waals surface area contributed by atoms with Crippen LogP contribution in [0.4, 0.5) is 0 Å². The predicted octanol–water partition coefficient (Wildman–Crippen LogP) is 0.492. The molecule has 5 heterocycles. The molecule has 2 bridgehead atoms. The zero-order valence-electron chi connectivity index (χ0n) is 23.9. The van der Waals surface area contributed by atoms with Crippen LogP contribution in [0.2, 0.25) is 0 Å². The molecule has 1 amide bonds. The molecule has 10 nitrogen and oxygen atoms in total. The van der Waals surface area contributed by atoms with Crippen LogP contribution in [0.25, 0.3) is 0 Å². The maximum atomic E-state index is 13.6. The number of hydrogen-bond acceptors (Lipinski definition) is 10. The van der Waals surface area contributed by atoms with Gasteiger partial charge in [-0.2, -0.15) is 0 Å². The highest BCUT2D eigenvalue weighted by atomic mass is 32.2. The maximum absolute atomic E-state index is 13.6. The van der Waals surface area contributed by atoms with E-state index in [4.69, 9.17) is 14.2 Å². The highest BCUT2D eigenvalue weighted by molar-refractivity contribution is 8.00. The lowest BCUT2D eigenvalue weighted by molar-refractivity contribution is -0.205. The molecule has 4 fully saturated rings. The van der Waals surface area contributed by atoms with Gasteiger partial charge in [0.05, 0.1) is 25.4 Å². The van der Waals surface area contributed by atoms with Crippen molar-refractivity contribution in [1.82, 2.24) is 15.5 Å². The number of nitrogens with zero attached hydrogens (tertiary/aromatic N) is 1. The summed E-state index contributed by atoms with van der Waals surface area (Å²) >= 11 is 1.50. The van der Waals surface area contributed by atoms with Crippen molar-refractivity contribution in [2.24, 2.45) is 17.8 Å². The molecule has 4 saturated heterocycles. The number of morpholine rings is 1. The molecule has 0 aliphatic carbocycles. The summed E-state index contributed by atoms with van der Waals surface area (Å²) in [6.07, 6.45) is 3.72. The Balaban J connectivity index is 1.26. The summed E-state index contributed by atoms with van der Waals surface area (Å²) in [6, 6.07) is -1.03.